The van der Waals surface area contributed by atoms with Crippen LogP contribution >= 0.6 is 12.0 Å². The van der Waals surface area contributed by atoms with Gasteiger partial charge in [-0.25, -0.2) is 4.79 Å². The summed E-state index contributed by atoms with van der Waals surface area (Å²) in [6.45, 7) is 5.76. The molecular formula is C13H19F2O6S-. The molecule has 0 aliphatic heterocycles. The van der Waals surface area contributed by atoms with Gasteiger partial charge >= 0.3 is 11.2 Å². The standard InChI is InChI=1S/C13H20F2O6S/c1-11(2)8-4-5-12(11,3)9(16)7(8)6-19-10(17)13(14,15)22-21-20-18/h7-9,16,18H,4-6H2,1-3H3/p-1. The third-order valence-corrected chi connectivity index (χ3v) is 6.26. The van der Waals surface area contributed by atoms with E-state index in [0.29, 0.717) is 0 Å². The van der Waals surface area contributed by atoms with E-state index in [1.807, 2.05) is 20.8 Å². The van der Waals surface area contributed by atoms with Crippen molar-refractivity contribution in [2.24, 2.45) is 22.7 Å². The van der Waals surface area contributed by atoms with Gasteiger partial charge in [0, 0.05) is 5.92 Å². The van der Waals surface area contributed by atoms with E-state index in [1.54, 1.807) is 0 Å². The fourth-order valence-electron chi connectivity index (χ4n) is 4.09. The van der Waals surface area contributed by atoms with Crippen LogP contribution in [-0.2, 0) is 18.9 Å². The summed E-state index contributed by atoms with van der Waals surface area (Å²) in [5, 5.41) is 18.7. The Bertz CT molecular complexity index is 446. The van der Waals surface area contributed by atoms with Gasteiger partial charge < -0.3 is 15.1 Å². The third kappa shape index (κ3) is 2.62. The van der Waals surface area contributed by atoms with Crippen LogP contribution in [0.4, 0.5) is 8.78 Å². The van der Waals surface area contributed by atoms with Crippen LogP contribution in [0.15, 0.2) is 0 Å². The number of rotatable bonds is 6. The number of carbonyl (C=O) groups is 1. The molecule has 2 fully saturated rings. The van der Waals surface area contributed by atoms with Crippen molar-refractivity contribution in [1.29, 1.82) is 0 Å². The molecule has 128 valence electrons. The van der Waals surface area contributed by atoms with Crippen LogP contribution in [0.1, 0.15) is 33.6 Å². The maximum Gasteiger partial charge on any atom is 0.415 e. The predicted molar refractivity (Wildman–Crippen MR) is 69.8 cm³/mol. The monoisotopic (exact) mass is 341 g/mol. The van der Waals surface area contributed by atoms with Crippen LogP contribution in [0.5, 0.6) is 0 Å². The minimum atomic E-state index is -4.05. The largest absolute Gasteiger partial charge is 0.691 e. The zero-order valence-corrected chi connectivity index (χ0v) is 13.3. The number of fused-ring (bicyclic) bond motifs is 2. The first-order valence-corrected chi connectivity index (χ1v) is 7.69. The quantitative estimate of drug-likeness (QED) is 0.338. The minimum Gasteiger partial charge on any atom is -0.691 e. The summed E-state index contributed by atoms with van der Waals surface area (Å²) in [5.41, 5.74) is -0.466. The molecule has 2 aliphatic carbocycles. The minimum absolute atomic E-state index is 0.0998. The lowest BCUT2D eigenvalue weighted by Gasteiger charge is -2.37. The molecule has 0 aromatic heterocycles. The average molecular weight is 341 g/mol. The molecule has 4 atom stereocenters. The van der Waals surface area contributed by atoms with Crippen LogP contribution in [0, 0.1) is 22.7 Å². The molecule has 0 radical (unpaired) electrons. The van der Waals surface area contributed by atoms with E-state index in [1.165, 1.54) is 0 Å². The lowest BCUT2D eigenvalue weighted by atomic mass is 9.70. The summed E-state index contributed by atoms with van der Waals surface area (Å²) in [5.74, 6) is -2.11. The summed E-state index contributed by atoms with van der Waals surface area (Å²) in [4.78, 5) is 11.4. The van der Waals surface area contributed by atoms with Crippen LogP contribution in [-0.4, -0.2) is 29.0 Å². The first-order valence-electron chi connectivity index (χ1n) is 6.95. The summed E-state index contributed by atoms with van der Waals surface area (Å²) < 4.78 is 34.7. The van der Waals surface area contributed by atoms with Gasteiger partial charge in [0.15, 0.2) is 0 Å². The smallest absolute Gasteiger partial charge is 0.415 e. The Morgan fingerprint density at radius 3 is 2.59 bits per heavy atom. The van der Waals surface area contributed by atoms with Gasteiger partial charge in [0.2, 0.25) is 0 Å². The van der Waals surface area contributed by atoms with Gasteiger partial charge in [-0.3, -0.25) is 5.04 Å². The number of aliphatic hydroxyl groups excluding tert-OH is 1. The number of halogens is 2. The lowest BCUT2D eigenvalue weighted by molar-refractivity contribution is -0.777. The molecule has 2 bridgehead atoms. The van der Waals surface area contributed by atoms with Gasteiger partial charge in [0.05, 0.1) is 12.7 Å². The van der Waals surface area contributed by atoms with Crippen molar-refractivity contribution in [2.75, 3.05) is 6.61 Å². The molecule has 0 amide bonds. The number of aliphatic hydroxyl groups is 1. The molecular weight excluding hydrogens is 322 g/mol. The molecule has 2 rings (SSSR count). The van der Waals surface area contributed by atoms with Crippen LogP contribution in [0.2, 0.25) is 0 Å². The number of alkyl halides is 2. The molecule has 0 aromatic carbocycles. The second-order valence-electron chi connectivity index (χ2n) is 6.73. The Morgan fingerprint density at radius 2 is 2.09 bits per heavy atom. The highest BCUT2D eigenvalue weighted by atomic mass is 32.2. The Morgan fingerprint density at radius 1 is 1.45 bits per heavy atom. The van der Waals surface area contributed by atoms with Crippen LogP contribution in [0.25, 0.3) is 0 Å². The number of hydrogen-bond donors (Lipinski definition) is 1. The van der Waals surface area contributed by atoms with Gasteiger partial charge in [-0.15, -0.1) is 0 Å². The fraction of sp³-hybridized carbons (Fsp3) is 0.923. The molecule has 22 heavy (non-hydrogen) atoms. The maximum atomic E-state index is 13.3. The number of carbonyl (C=O) groups excluding carboxylic acids is 1. The SMILES string of the molecule is CC1(C)C2CCC1(C)C(O)C2COC(=O)C(F)(F)SOO[O-]. The molecule has 0 spiro atoms. The van der Waals surface area contributed by atoms with Gasteiger partial charge in [0.25, 0.3) is 0 Å². The van der Waals surface area contributed by atoms with Crippen molar-refractivity contribution in [3.05, 3.63) is 0 Å². The van der Waals surface area contributed by atoms with Crippen molar-refractivity contribution in [3.63, 3.8) is 0 Å². The molecule has 1 N–H and O–H groups in total. The molecule has 9 heteroatoms. The van der Waals surface area contributed by atoms with Crippen molar-refractivity contribution >= 4 is 18.0 Å². The zero-order valence-electron chi connectivity index (χ0n) is 12.5. The molecule has 0 aromatic rings. The van der Waals surface area contributed by atoms with E-state index in [9.17, 15) is 23.9 Å². The van der Waals surface area contributed by atoms with Crippen molar-refractivity contribution in [1.82, 2.24) is 0 Å². The highest BCUT2D eigenvalue weighted by Gasteiger charge is 2.66. The third-order valence-electron chi connectivity index (χ3n) is 5.76. The first-order chi connectivity index (χ1) is 10.1. The van der Waals surface area contributed by atoms with Crippen LogP contribution < -0.4 is 5.26 Å². The molecule has 4 unspecified atom stereocenters. The Kier molecular flexibility index (Phi) is 4.76. The van der Waals surface area contributed by atoms with Crippen molar-refractivity contribution < 1.29 is 38.0 Å². The summed E-state index contributed by atoms with van der Waals surface area (Å²) in [6.07, 6.45) is 1.01. The van der Waals surface area contributed by atoms with Crippen molar-refractivity contribution in [2.45, 2.75) is 45.0 Å². The number of esters is 1. The fourth-order valence-corrected chi connectivity index (χ4v) is 4.33. The van der Waals surface area contributed by atoms with E-state index < -0.39 is 29.4 Å². The topological polar surface area (TPSA) is 88.1 Å². The highest BCUT2D eigenvalue weighted by molar-refractivity contribution is 7.96. The van der Waals surface area contributed by atoms with Gasteiger partial charge in [-0.05, 0) is 29.6 Å². The summed E-state index contributed by atoms with van der Waals surface area (Å²) in [6, 6.07) is 0. The molecule has 2 aliphatic rings. The van der Waals surface area contributed by atoms with E-state index in [2.05, 4.69) is 14.1 Å². The molecule has 2 saturated carbocycles. The summed E-state index contributed by atoms with van der Waals surface area (Å²) >= 11 is -0.721. The molecule has 0 saturated heterocycles. The van der Waals surface area contributed by atoms with Crippen molar-refractivity contribution in [3.8, 4) is 0 Å². The second kappa shape index (κ2) is 5.86. The van der Waals surface area contributed by atoms with E-state index in [-0.39, 0.29) is 29.3 Å². The van der Waals surface area contributed by atoms with E-state index in [0.717, 1.165) is 12.8 Å². The van der Waals surface area contributed by atoms with Crippen LogP contribution in [0.3, 0.4) is 0 Å². The maximum absolute atomic E-state index is 13.3. The molecule has 6 nitrogen and oxygen atoms in total. The Labute approximate surface area is 131 Å². The highest BCUT2D eigenvalue weighted by Crippen LogP contribution is 2.67. The predicted octanol–water partition coefficient (Wildman–Crippen LogP) is 1.43. The Balaban J connectivity index is 1.97. The van der Waals surface area contributed by atoms with E-state index >= 15 is 0 Å². The van der Waals surface area contributed by atoms with E-state index in [4.69, 9.17) is 0 Å². The van der Waals surface area contributed by atoms with Gasteiger partial charge in [0.1, 0.15) is 12.0 Å². The lowest BCUT2D eigenvalue weighted by Crippen LogP contribution is -2.39. The summed E-state index contributed by atoms with van der Waals surface area (Å²) in [7, 11) is 0. The van der Waals surface area contributed by atoms with Gasteiger partial charge in [-0.1, -0.05) is 20.8 Å². The average Bonchev–Trinajstić information content (AvgIpc) is 2.75. The number of hydrogen-bond acceptors (Lipinski definition) is 7. The first kappa shape index (κ1) is 17.9. The molecule has 0 heterocycles. The normalized spacial score (nSPS) is 36.6. The Hall–Kier alpha value is -0.480. The second-order valence-corrected chi connectivity index (χ2v) is 7.54. The number of ether oxygens (including phenoxy) is 1. The zero-order chi connectivity index (χ0) is 16.8. The van der Waals surface area contributed by atoms with Gasteiger partial charge in [-0.2, -0.15) is 13.1 Å².